The van der Waals surface area contributed by atoms with E-state index in [1.807, 2.05) is 0 Å². The van der Waals surface area contributed by atoms with E-state index in [-0.39, 0.29) is 0 Å². The molecule has 2 saturated heterocycles. The highest BCUT2D eigenvalue weighted by molar-refractivity contribution is 4.74. The second-order valence-electron chi connectivity index (χ2n) is 3.20. The van der Waals surface area contributed by atoms with Crippen molar-refractivity contribution in [3.63, 3.8) is 0 Å². The van der Waals surface area contributed by atoms with Crippen molar-refractivity contribution in [1.82, 2.24) is 5.32 Å². The van der Waals surface area contributed by atoms with E-state index in [0.29, 0.717) is 12.1 Å². The van der Waals surface area contributed by atoms with Gasteiger partial charge < -0.3 is 9.47 Å². The van der Waals surface area contributed by atoms with Crippen molar-refractivity contribution in [3.8, 4) is 0 Å². The van der Waals surface area contributed by atoms with E-state index in [0.717, 1.165) is 39.2 Å². The van der Waals surface area contributed by atoms with Gasteiger partial charge in [-0.3, -0.25) is 5.32 Å². The van der Waals surface area contributed by atoms with Gasteiger partial charge in [-0.25, -0.2) is 0 Å². The van der Waals surface area contributed by atoms with Crippen LogP contribution >= 0.6 is 0 Å². The molecular weight excluding hydrogens is 142 g/mol. The minimum absolute atomic E-state index is 0.318. The molecule has 2 fully saturated rings. The average Bonchev–Trinajstić information content (AvgIpc) is 2.58. The van der Waals surface area contributed by atoms with Gasteiger partial charge in [0, 0.05) is 25.7 Å². The molecule has 1 N–H and O–H groups in total. The zero-order valence-corrected chi connectivity index (χ0v) is 6.71. The molecule has 11 heavy (non-hydrogen) atoms. The van der Waals surface area contributed by atoms with Crippen molar-refractivity contribution < 1.29 is 9.47 Å². The van der Waals surface area contributed by atoms with E-state index in [2.05, 4.69) is 5.32 Å². The first-order chi connectivity index (χ1) is 5.47. The number of hydrogen-bond donors (Lipinski definition) is 1. The molecule has 2 aliphatic heterocycles. The van der Waals surface area contributed by atoms with Crippen LogP contribution in [0.3, 0.4) is 0 Å². The molecule has 0 saturated carbocycles. The quantitative estimate of drug-likeness (QED) is 0.596. The molecule has 2 aliphatic rings. The number of hydrogen-bond acceptors (Lipinski definition) is 3. The Hall–Kier alpha value is -0.120. The Kier molecular flexibility index (Phi) is 2.41. The lowest BCUT2D eigenvalue weighted by molar-refractivity contribution is -0.0125. The summed E-state index contributed by atoms with van der Waals surface area (Å²) in [5, 5.41) is 3.35. The molecule has 1 unspecified atom stereocenters. The van der Waals surface area contributed by atoms with Gasteiger partial charge in [-0.15, -0.1) is 0 Å². The van der Waals surface area contributed by atoms with Gasteiger partial charge in [-0.05, 0) is 12.8 Å². The van der Waals surface area contributed by atoms with Crippen LogP contribution in [0.4, 0.5) is 0 Å². The van der Waals surface area contributed by atoms with E-state index in [1.54, 1.807) is 0 Å². The molecule has 0 aromatic rings. The van der Waals surface area contributed by atoms with Gasteiger partial charge >= 0.3 is 0 Å². The van der Waals surface area contributed by atoms with E-state index >= 15 is 0 Å². The van der Waals surface area contributed by atoms with Crippen LogP contribution in [-0.2, 0) is 9.47 Å². The number of nitrogens with one attached hydrogen (secondary N) is 1. The first kappa shape index (κ1) is 7.53. The lowest BCUT2D eigenvalue weighted by atomic mass is 9.99. The van der Waals surface area contributed by atoms with Crippen molar-refractivity contribution in [2.24, 2.45) is 5.92 Å². The largest absolute Gasteiger partial charge is 0.381 e. The normalized spacial score (nSPS) is 34.4. The smallest absolute Gasteiger partial charge is 0.111 e. The molecule has 3 nitrogen and oxygen atoms in total. The Bertz CT molecular complexity index is 117. The van der Waals surface area contributed by atoms with Crippen LogP contribution in [0.15, 0.2) is 0 Å². The van der Waals surface area contributed by atoms with Crippen molar-refractivity contribution in [1.29, 1.82) is 0 Å². The molecule has 3 heteroatoms. The van der Waals surface area contributed by atoms with Crippen LogP contribution in [0.25, 0.3) is 0 Å². The summed E-state index contributed by atoms with van der Waals surface area (Å²) in [5.41, 5.74) is 0. The zero-order chi connectivity index (χ0) is 7.52. The summed E-state index contributed by atoms with van der Waals surface area (Å²) in [6.07, 6.45) is 2.62. The first-order valence-corrected chi connectivity index (χ1v) is 4.39. The SMILES string of the molecule is C1COC(C2CCOCC2)N1. The summed E-state index contributed by atoms with van der Waals surface area (Å²) in [4.78, 5) is 0. The highest BCUT2D eigenvalue weighted by atomic mass is 16.5. The Balaban J connectivity index is 1.82. The van der Waals surface area contributed by atoms with Crippen LogP contribution in [0.2, 0.25) is 0 Å². The monoisotopic (exact) mass is 157 g/mol. The second-order valence-corrected chi connectivity index (χ2v) is 3.20. The van der Waals surface area contributed by atoms with Crippen molar-refractivity contribution >= 4 is 0 Å². The van der Waals surface area contributed by atoms with Gasteiger partial charge in [0.25, 0.3) is 0 Å². The summed E-state index contributed by atoms with van der Waals surface area (Å²) in [6.45, 7) is 3.71. The molecule has 0 aliphatic carbocycles. The maximum atomic E-state index is 5.53. The van der Waals surface area contributed by atoms with Crippen LogP contribution in [0, 0.1) is 5.92 Å². The zero-order valence-electron chi connectivity index (χ0n) is 6.71. The second kappa shape index (κ2) is 3.52. The molecule has 0 aromatic carbocycles. The maximum absolute atomic E-state index is 5.53. The van der Waals surface area contributed by atoms with Crippen molar-refractivity contribution in [2.75, 3.05) is 26.4 Å². The topological polar surface area (TPSA) is 30.5 Å². The molecule has 2 heterocycles. The molecule has 1 atom stereocenters. The Morgan fingerprint density at radius 1 is 1.09 bits per heavy atom. The molecule has 64 valence electrons. The van der Waals surface area contributed by atoms with E-state index < -0.39 is 0 Å². The van der Waals surface area contributed by atoms with E-state index in [1.165, 1.54) is 0 Å². The molecule has 0 amide bonds. The van der Waals surface area contributed by atoms with Gasteiger partial charge in [-0.1, -0.05) is 0 Å². The van der Waals surface area contributed by atoms with Gasteiger partial charge in [0.2, 0.25) is 0 Å². The lowest BCUT2D eigenvalue weighted by Crippen LogP contribution is -2.35. The third-order valence-electron chi connectivity index (χ3n) is 2.44. The van der Waals surface area contributed by atoms with Gasteiger partial charge in [-0.2, -0.15) is 0 Å². The third-order valence-corrected chi connectivity index (χ3v) is 2.44. The highest BCUT2D eigenvalue weighted by Gasteiger charge is 2.26. The summed E-state index contributed by atoms with van der Waals surface area (Å²) in [6, 6.07) is 0. The fourth-order valence-electron chi connectivity index (χ4n) is 1.77. The highest BCUT2D eigenvalue weighted by Crippen LogP contribution is 2.20. The van der Waals surface area contributed by atoms with Crippen LogP contribution in [0.5, 0.6) is 0 Å². The van der Waals surface area contributed by atoms with Crippen LogP contribution < -0.4 is 5.32 Å². The van der Waals surface area contributed by atoms with Crippen molar-refractivity contribution in [3.05, 3.63) is 0 Å². The molecule has 0 aromatic heterocycles. The standard InChI is InChI=1S/C8H15NO2/c1-4-10-5-2-7(1)8-9-3-6-11-8/h7-9H,1-6H2. The molecule has 0 radical (unpaired) electrons. The minimum Gasteiger partial charge on any atom is -0.381 e. The van der Waals surface area contributed by atoms with E-state index in [4.69, 9.17) is 9.47 Å². The lowest BCUT2D eigenvalue weighted by Gasteiger charge is -2.26. The molecular formula is C8H15NO2. The Morgan fingerprint density at radius 3 is 2.55 bits per heavy atom. The summed E-state index contributed by atoms with van der Waals surface area (Å²) >= 11 is 0. The summed E-state index contributed by atoms with van der Waals surface area (Å²) in [5.74, 6) is 0.686. The minimum atomic E-state index is 0.318. The maximum Gasteiger partial charge on any atom is 0.111 e. The summed E-state index contributed by atoms with van der Waals surface area (Å²) < 4.78 is 10.8. The number of rotatable bonds is 1. The summed E-state index contributed by atoms with van der Waals surface area (Å²) in [7, 11) is 0. The molecule has 2 rings (SSSR count). The van der Waals surface area contributed by atoms with Crippen LogP contribution in [0.1, 0.15) is 12.8 Å². The van der Waals surface area contributed by atoms with Gasteiger partial charge in [0.05, 0.1) is 6.61 Å². The van der Waals surface area contributed by atoms with Gasteiger partial charge in [0.1, 0.15) is 6.23 Å². The number of ether oxygens (including phenoxy) is 2. The molecule has 0 spiro atoms. The first-order valence-electron chi connectivity index (χ1n) is 4.39. The third kappa shape index (κ3) is 1.72. The Morgan fingerprint density at radius 2 is 1.91 bits per heavy atom. The fraction of sp³-hybridized carbons (Fsp3) is 1.00. The predicted octanol–water partition coefficient (Wildman–Crippen LogP) is 0.359. The van der Waals surface area contributed by atoms with Gasteiger partial charge in [0.15, 0.2) is 0 Å². The molecule has 0 bridgehead atoms. The average molecular weight is 157 g/mol. The predicted molar refractivity (Wildman–Crippen MR) is 41.3 cm³/mol. The van der Waals surface area contributed by atoms with Crippen molar-refractivity contribution in [2.45, 2.75) is 19.1 Å². The fourth-order valence-corrected chi connectivity index (χ4v) is 1.77. The van der Waals surface area contributed by atoms with Crippen LogP contribution in [-0.4, -0.2) is 32.6 Å². The van der Waals surface area contributed by atoms with E-state index in [9.17, 15) is 0 Å². The Labute approximate surface area is 67.1 Å².